The first-order valence-corrected chi connectivity index (χ1v) is 11.0. The van der Waals surface area contributed by atoms with E-state index in [9.17, 15) is 14.9 Å². The Labute approximate surface area is 195 Å². The molecule has 172 valence electrons. The molecular weight excluding hydrogens is 434 g/mol. The van der Waals surface area contributed by atoms with Crippen molar-refractivity contribution in [2.24, 2.45) is 0 Å². The van der Waals surface area contributed by atoms with Crippen molar-refractivity contribution in [3.63, 3.8) is 0 Å². The Morgan fingerprint density at radius 2 is 1.91 bits per heavy atom. The average molecular weight is 457 g/mol. The van der Waals surface area contributed by atoms with Crippen LogP contribution in [-0.4, -0.2) is 25.6 Å². The molecule has 0 bridgehead atoms. The number of aryl methyl sites for hydroxylation is 2. The number of nitro benzene ring substituents is 1. The number of hydrogen-bond donors (Lipinski definition) is 1. The molecule has 0 saturated heterocycles. The van der Waals surface area contributed by atoms with Crippen LogP contribution in [0.1, 0.15) is 35.6 Å². The molecule has 9 heteroatoms. The lowest BCUT2D eigenvalue weighted by Gasteiger charge is -2.10. The van der Waals surface area contributed by atoms with Crippen molar-refractivity contribution in [1.29, 1.82) is 0 Å². The van der Waals surface area contributed by atoms with Gasteiger partial charge in [0.2, 0.25) is 5.91 Å². The molecule has 1 fully saturated rings. The predicted octanol–water partition coefficient (Wildman–Crippen LogP) is 5.26. The van der Waals surface area contributed by atoms with Crippen molar-refractivity contribution in [3.8, 4) is 11.5 Å². The van der Waals surface area contributed by atoms with E-state index in [1.165, 1.54) is 17.7 Å². The number of fused-ring (bicyclic) bond motifs is 1. The van der Waals surface area contributed by atoms with Crippen LogP contribution < -0.4 is 10.1 Å². The second-order valence-corrected chi connectivity index (χ2v) is 8.55. The van der Waals surface area contributed by atoms with Gasteiger partial charge in [0.15, 0.2) is 5.65 Å². The highest BCUT2D eigenvalue weighted by Gasteiger charge is 2.27. The zero-order valence-corrected chi connectivity index (χ0v) is 18.8. The van der Waals surface area contributed by atoms with E-state index in [4.69, 9.17) is 4.74 Å². The highest BCUT2D eigenvalue weighted by Crippen LogP contribution is 2.43. The van der Waals surface area contributed by atoms with Crippen LogP contribution in [0.4, 0.5) is 11.4 Å². The van der Waals surface area contributed by atoms with E-state index in [2.05, 4.69) is 15.4 Å². The number of pyridine rings is 1. The number of ether oxygens (including phenoxy) is 1. The Hall–Kier alpha value is -4.27. The van der Waals surface area contributed by atoms with Crippen LogP contribution in [0.3, 0.4) is 0 Å². The number of amides is 1. The number of nitrogens with one attached hydrogen (secondary N) is 1. The predicted molar refractivity (Wildman–Crippen MR) is 127 cm³/mol. The van der Waals surface area contributed by atoms with E-state index in [-0.39, 0.29) is 29.6 Å². The van der Waals surface area contributed by atoms with Crippen LogP contribution in [-0.2, 0) is 11.3 Å². The number of carbonyl (C=O) groups excluding carboxylic acids is 1. The molecule has 2 aromatic carbocycles. The number of nitrogens with zero attached hydrogens (tertiary/aromatic N) is 4. The summed E-state index contributed by atoms with van der Waals surface area (Å²) < 4.78 is 7.36. The van der Waals surface area contributed by atoms with Crippen LogP contribution >= 0.6 is 0 Å². The van der Waals surface area contributed by atoms with Crippen molar-refractivity contribution in [2.75, 3.05) is 5.32 Å². The van der Waals surface area contributed by atoms with Gasteiger partial charge in [-0.25, -0.2) is 9.67 Å². The lowest BCUT2D eigenvalue weighted by Crippen LogP contribution is -2.20. The summed E-state index contributed by atoms with van der Waals surface area (Å²) in [4.78, 5) is 28.2. The fraction of sp³-hybridized carbons (Fsp3) is 0.240. The number of rotatable bonds is 7. The van der Waals surface area contributed by atoms with Gasteiger partial charge in [-0.05, 0) is 56.4 Å². The van der Waals surface area contributed by atoms with Crippen LogP contribution in [0.15, 0.2) is 54.7 Å². The molecule has 1 aliphatic carbocycles. The number of non-ortho nitro benzene ring substituents is 1. The Bertz CT molecular complexity index is 1410. The summed E-state index contributed by atoms with van der Waals surface area (Å²) in [5.41, 5.74) is 3.88. The minimum atomic E-state index is -0.522. The highest BCUT2D eigenvalue weighted by molar-refractivity contribution is 5.92. The molecule has 4 aromatic rings. The summed E-state index contributed by atoms with van der Waals surface area (Å²) in [5, 5.41) is 19.7. The largest absolute Gasteiger partial charge is 0.457 e. The molecule has 5 rings (SSSR count). The highest BCUT2D eigenvalue weighted by atomic mass is 16.6. The van der Waals surface area contributed by atoms with Crippen molar-refractivity contribution in [1.82, 2.24) is 14.8 Å². The standard InChI is InChI=1S/C25H23N5O4/c1-15-3-7-20(8-4-15)34-21-12-18(11-19(13-21)30(32)33)27-23(31)14-29-25-24(16(2)28-29)22(9-10-26-25)17-5-6-17/h3-4,7-13,17H,5-6,14H2,1-2H3,(H,27,31). The number of nitro groups is 1. The summed E-state index contributed by atoms with van der Waals surface area (Å²) in [6, 6.07) is 13.5. The fourth-order valence-corrected chi connectivity index (χ4v) is 4.05. The molecule has 0 radical (unpaired) electrons. The van der Waals surface area contributed by atoms with E-state index in [0.29, 0.717) is 17.3 Å². The summed E-state index contributed by atoms with van der Waals surface area (Å²) in [5.74, 6) is 0.959. The minimum Gasteiger partial charge on any atom is -0.457 e. The summed E-state index contributed by atoms with van der Waals surface area (Å²) in [7, 11) is 0. The van der Waals surface area contributed by atoms with Crippen LogP contribution in [0.2, 0.25) is 0 Å². The molecule has 1 saturated carbocycles. The van der Waals surface area contributed by atoms with Crippen LogP contribution in [0.25, 0.3) is 11.0 Å². The van der Waals surface area contributed by atoms with Crippen molar-refractivity contribution in [2.45, 2.75) is 39.2 Å². The fourth-order valence-electron chi connectivity index (χ4n) is 4.05. The van der Waals surface area contributed by atoms with Gasteiger partial charge in [-0.1, -0.05) is 17.7 Å². The number of benzene rings is 2. The first-order chi connectivity index (χ1) is 16.4. The van der Waals surface area contributed by atoms with Gasteiger partial charge in [0, 0.05) is 23.7 Å². The number of anilines is 1. The van der Waals surface area contributed by atoms with Crippen molar-refractivity contribution < 1.29 is 14.5 Å². The summed E-state index contributed by atoms with van der Waals surface area (Å²) >= 11 is 0. The van der Waals surface area contributed by atoms with Crippen molar-refractivity contribution >= 4 is 28.3 Å². The number of carbonyl (C=O) groups is 1. The van der Waals surface area contributed by atoms with Gasteiger partial charge in [-0.3, -0.25) is 14.9 Å². The van der Waals surface area contributed by atoms with Crippen LogP contribution in [0, 0.1) is 24.0 Å². The third-order valence-electron chi connectivity index (χ3n) is 5.79. The molecule has 1 N–H and O–H groups in total. The maximum absolute atomic E-state index is 12.8. The lowest BCUT2D eigenvalue weighted by atomic mass is 10.1. The molecule has 0 spiro atoms. The van der Waals surface area contributed by atoms with Gasteiger partial charge in [0.25, 0.3) is 5.69 Å². The lowest BCUT2D eigenvalue weighted by molar-refractivity contribution is -0.384. The zero-order valence-electron chi connectivity index (χ0n) is 18.8. The Morgan fingerprint density at radius 3 is 2.62 bits per heavy atom. The van der Waals surface area contributed by atoms with E-state index in [1.54, 1.807) is 29.1 Å². The normalized spacial score (nSPS) is 13.1. The number of aromatic nitrogens is 3. The minimum absolute atomic E-state index is 0.0672. The second-order valence-electron chi connectivity index (χ2n) is 8.55. The molecule has 9 nitrogen and oxygen atoms in total. The zero-order chi connectivity index (χ0) is 23.8. The average Bonchev–Trinajstić information content (AvgIpc) is 3.60. The SMILES string of the molecule is Cc1ccc(Oc2cc(NC(=O)Cn3nc(C)c4c(C5CC5)ccnc43)cc([N+](=O)[O-])c2)cc1. The Kier molecular flexibility index (Phi) is 5.45. The van der Waals surface area contributed by atoms with E-state index in [1.807, 2.05) is 32.0 Å². The monoisotopic (exact) mass is 457 g/mol. The first-order valence-electron chi connectivity index (χ1n) is 11.0. The van der Waals surface area contributed by atoms with Gasteiger partial charge in [0.1, 0.15) is 18.0 Å². The smallest absolute Gasteiger partial charge is 0.275 e. The first kappa shape index (κ1) is 21.6. The van der Waals surface area contributed by atoms with Gasteiger partial charge in [-0.2, -0.15) is 5.10 Å². The molecular formula is C25H23N5O4. The van der Waals surface area contributed by atoms with Gasteiger partial charge in [-0.15, -0.1) is 0 Å². The maximum atomic E-state index is 12.8. The van der Waals surface area contributed by atoms with E-state index in [0.717, 1.165) is 29.5 Å². The second kappa shape index (κ2) is 8.58. The molecule has 1 amide bonds. The molecule has 0 unspecified atom stereocenters. The summed E-state index contributed by atoms with van der Waals surface area (Å²) in [6.07, 6.45) is 4.06. The van der Waals surface area contributed by atoms with Gasteiger partial charge in [0.05, 0.1) is 22.4 Å². The van der Waals surface area contributed by atoms with Crippen LogP contribution in [0.5, 0.6) is 11.5 Å². The van der Waals surface area contributed by atoms with Gasteiger partial charge < -0.3 is 10.1 Å². The van der Waals surface area contributed by atoms with E-state index >= 15 is 0 Å². The third-order valence-corrected chi connectivity index (χ3v) is 5.79. The Morgan fingerprint density at radius 1 is 1.15 bits per heavy atom. The molecule has 1 aliphatic rings. The summed E-state index contributed by atoms with van der Waals surface area (Å²) in [6.45, 7) is 3.80. The van der Waals surface area contributed by atoms with E-state index < -0.39 is 4.92 Å². The quantitative estimate of drug-likeness (QED) is 0.299. The molecule has 0 aliphatic heterocycles. The Balaban J connectivity index is 1.38. The van der Waals surface area contributed by atoms with Crippen molar-refractivity contribution in [3.05, 3.63) is 81.7 Å². The topological polar surface area (TPSA) is 112 Å². The maximum Gasteiger partial charge on any atom is 0.275 e. The number of hydrogen-bond acceptors (Lipinski definition) is 6. The molecule has 2 aromatic heterocycles. The molecule has 34 heavy (non-hydrogen) atoms. The molecule has 0 atom stereocenters. The third kappa shape index (κ3) is 4.45. The van der Waals surface area contributed by atoms with Gasteiger partial charge >= 0.3 is 0 Å². The molecule has 2 heterocycles.